The summed E-state index contributed by atoms with van der Waals surface area (Å²) in [7, 11) is 0. The van der Waals surface area contributed by atoms with Crippen LogP contribution in [0.1, 0.15) is 19.3 Å². The third-order valence-corrected chi connectivity index (χ3v) is 4.47. The number of nitrogen functional groups attached to an aromatic ring is 1. The number of ether oxygens (including phenoxy) is 1. The molecule has 4 nitrogen and oxygen atoms in total. The first-order valence-electron chi connectivity index (χ1n) is 7.48. The normalized spacial score (nSPS) is 16.0. The van der Waals surface area contributed by atoms with E-state index in [2.05, 4.69) is 9.88 Å². The van der Waals surface area contributed by atoms with Crippen molar-refractivity contribution in [3.8, 4) is 17.0 Å². The van der Waals surface area contributed by atoms with E-state index in [4.69, 9.17) is 10.5 Å². The van der Waals surface area contributed by atoms with Gasteiger partial charge in [-0.25, -0.2) is 4.98 Å². The molecule has 0 saturated carbocycles. The molecule has 0 bridgehead atoms. The van der Waals surface area contributed by atoms with Crippen molar-refractivity contribution >= 4 is 16.5 Å². The fourth-order valence-electron chi connectivity index (χ4n) is 2.62. The Morgan fingerprint density at radius 3 is 2.57 bits per heavy atom. The fraction of sp³-hybridized carbons (Fsp3) is 0.438. The van der Waals surface area contributed by atoms with Gasteiger partial charge in [0.15, 0.2) is 5.13 Å². The number of piperidine rings is 1. The number of benzene rings is 1. The predicted molar refractivity (Wildman–Crippen MR) is 87.7 cm³/mol. The Bertz CT molecular complexity index is 561. The van der Waals surface area contributed by atoms with Crippen LogP contribution in [-0.4, -0.2) is 36.1 Å². The minimum absolute atomic E-state index is 0.604. The number of thiazole rings is 1. The van der Waals surface area contributed by atoms with Gasteiger partial charge >= 0.3 is 0 Å². The lowest BCUT2D eigenvalue weighted by Crippen LogP contribution is -2.33. The molecular weight excluding hydrogens is 282 g/mol. The third-order valence-electron chi connectivity index (χ3n) is 3.80. The average Bonchev–Trinajstić information content (AvgIpc) is 2.96. The Labute approximate surface area is 129 Å². The van der Waals surface area contributed by atoms with E-state index in [0.717, 1.165) is 30.2 Å². The standard InChI is InChI=1S/C16H21N3OS/c17-16-18-15(12-21-16)13-4-6-14(7-5-13)20-11-10-19-8-2-1-3-9-19/h4-7,12H,1-3,8-11H2,(H2,17,18). The van der Waals surface area contributed by atoms with E-state index in [0.29, 0.717) is 5.13 Å². The molecule has 0 radical (unpaired) electrons. The molecule has 21 heavy (non-hydrogen) atoms. The highest BCUT2D eigenvalue weighted by molar-refractivity contribution is 7.13. The molecule has 2 aromatic rings. The van der Waals surface area contributed by atoms with E-state index in [1.165, 1.54) is 43.7 Å². The SMILES string of the molecule is Nc1nc(-c2ccc(OCCN3CCCCC3)cc2)cs1. The summed E-state index contributed by atoms with van der Waals surface area (Å²) in [5, 5.41) is 2.58. The lowest BCUT2D eigenvalue weighted by Gasteiger charge is -2.26. The maximum atomic E-state index is 5.82. The first kappa shape index (κ1) is 14.4. The van der Waals surface area contributed by atoms with Gasteiger partial charge in [0, 0.05) is 17.5 Å². The Morgan fingerprint density at radius 1 is 1.14 bits per heavy atom. The van der Waals surface area contributed by atoms with Crippen molar-refractivity contribution in [1.82, 2.24) is 9.88 Å². The summed E-state index contributed by atoms with van der Waals surface area (Å²) in [5.41, 5.74) is 7.66. The van der Waals surface area contributed by atoms with Crippen LogP contribution in [0.25, 0.3) is 11.3 Å². The Hall–Kier alpha value is -1.59. The van der Waals surface area contributed by atoms with Crippen molar-refractivity contribution in [2.45, 2.75) is 19.3 Å². The molecule has 0 aliphatic carbocycles. The van der Waals surface area contributed by atoms with Gasteiger partial charge in [0.05, 0.1) is 5.69 Å². The molecule has 1 aromatic heterocycles. The van der Waals surface area contributed by atoms with Crippen molar-refractivity contribution < 1.29 is 4.74 Å². The fourth-order valence-corrected chi connectivity index (χ4v) is 3.19. The second-order valence-corrected chi connectivity index (χ2v) is 6.24. The second-order valence-electron chi connectivity index (χ2n) is 5.35. The largest absolute Gasteiger partial charge is 0.492 e. The minimum atomic E-state index is 0.604. The topological polar surface area (TPSA) is 51.4 Å². The number of likely N-dealkylation sites (tertiary alicyclic amines) is 1. The van der Waals surface area contributed by atoms with Crippen LogP contribution in [0.15, 0.2) is 29.6 Å². The number of hydrogen-bond donors (Lipinski definition) is 1. The molecule has 5 heteroatoms. The van der Waals surface area contributed by atoms with Crippen LogP contribution in [0.5, 0.6) is 5.75 Å². The van der Waals surface area contributed by atoms with Crippen molar-refractivity contribution in [2.75, 3.05) is 32.0 Å². The Kier molecular flexibility index (Phi) is 4.72. The van der Waals surface area contributed by atoms with E-state index in [-0.39, 0.29) is 0 Å². The number of rotatable bonds is 5. The van der Waals surface area contributed by atoms with E-state index in [1.807, 2.05) is 29.6 Å². The highest BCUT2D eigenvalue weighted by Gasteiger charge is 2.09. The summed E-state index contributed by atoms with van der Waals surface area (Å²) in [6.45, 7) is 4.20. The lowest BCUT2D eigenvalue weighted by molar-refractivity contribution is 0.183. The monoisotopic (exact) mass is 303 g/mol. The van der Waals surface area contributed by atoms with Crippen LogP contribution in [0.4, 0.5) is 5.13 Å². The maximum absolute atomic E-state index is 5.82. The molecule has 2 N–H and O–H groups in total. The zero-order valence-corrected chi connectivity index (χ0v) is 12.9. The molecular formula is C16H21N3OS. The smallest absolute Gasteiger partial charge is 0.180 e. The summed E-state index contributed by atoms with van der Waals surface area (Å²) in [6, 6.07) is 8.07. The molecule has 1 saturated heterocycles. The van der Waals surface area contributed by atoms with Crippen LogP contribution < -0.4 is 10.5 Å². The Morgan fingerprint density at radius 2 is 1.90 bits per heavy atom. The maximum Gasteiger partial charge on any atom is 0.180 e. The molecule has 1 aliphatic rings. The van der Waals surface area contributed by atoms with E-state index < -0.39 is 0 Å². The number of anilines is 1. The van der Waals surface area contributed by atoms with Crippen LogP contribution in [0, 0.1) is 0 Å². The van der Waals surface area contributed by atoms with Gasteiger partial charge in [-0.2, -0.15) is 0 Å². The molecule has 1 aromatic carbocycles. The van der Waals surface area contributed by atoms with Gasteiger partial charge < -0.3 is 10.5 Å². The van der Waals surface area contributed by atoms with Crippen LogP contribution in [0.3, 0.4) is 0 Å². The number of nitrogens with two attached hydrogens (primary N) is 1. The van der Waals surface area contributed by atoms with Crippen LogP contribution >= 0.6 is 11.3 Å². The molecule has 0 amide bonds. The molecule has 0 spiro atoms. The summed E-state index contributed by atoms with van der Waals surface area (Å²) >= 11 is 1.46. The van der Waals surface area contributed by atoms with Gasteiger partial charge in [0.1, 0.15) is 12.4 Å². The molecule has 1 aliphatic heterocycles. The third kappa shape index (κ3) is 3.95. The average molecular weight is 303 g/mol. The lowest BCUT2D eigenvalue weighted by atomic mass is 10.1. The van der Waals surface area contributed by atoms with Gasteiger partial charge in [-0.15, -0.1) is 11.3 Å². The van der Waals surface area contributed by atoms with Crippen molar-refractivity contribution in [3.05, 3.63) is 29.6 Å². The van der Waals surface area contributed by atoms with Crippen molar-refractivity contribution in [3.63, 3.8) is 0 Å². The van der Waals surface area contributed by atoms with Crippen LogP contribution in [-0.2, 0) is 0 Å². The summed E-state index contributed by atoms with van der Waals surface area (Å²) in [4.78, 5) is 6.76. The van der Waals surface area contributed by atoms with Crippen LogP contribution in [0.2, 0.25) is 0 Å². The summed E-state index contributed by atoms with van der Waals surface area (Å²) < 4.78 is 5.82. The van der Waals surface area contributed by atoms with Crippen molar-refractivity contribution in [2.24, 2.45) is 0 Å². The highest BCUT2D eigenvalue weighted by Crippen LogP contribution is 2.25. The van der Waals surface area contributed by atoms with Crippen molar-refractivity contribution in [1.29, 1.82) is 0 Å². The molecule has 2 heterocycles. The zero-order chi connectivity index (χ0) is 14.5. The Balaban J connectivity index is 1.50. The van der Waals surface area contributed by atoms with Gasteiger partial charge in [-0.3, -0.25) is 4.90 Å². The van der Waals surface area contributed by atoms with E-state index in [9.17, 15) is 0 Å². The summed E-state index contributed by atoms with van der Waals surface area (Å²) in [5.74, 6) is 0.916. The first-order chi connectivity index (χ1) is 10.3. The van der Waals surface area contributed by atoms with E-state index >= 15 is 0 Å². The number of hydrogen-bond acceptors (Lipinski definition) is 5. The molecule has 3 rings (SSSR count). The number of nitrogens with zero attached hydrogens (tertiary/aromatic N) is 2. The zero-order valence-electron chi connectivity index (χ0n) is 12.1. The minimum Gasteiger partial charge on any atom is -0.492 e. The van der Waals surface area contributed by atoms with Gasteiger partial charge in [0.2, 0.25) is 0 Å². The quantitative estimate of drug-likeness (QED) is 0.921. The first-order valence-corrected chi connectivity index (χ1v) is 8.36. The predicted octanol–water partition coefficient (Wildman–Crippen LogP) is 3.26. The van der Waals surface area contributed by atoms with E-state index in [1.54, 1.807) is 0 Å². The highest BCUT2D eigenvalue weighted by atomic mass is 32.1. The van der Waals surface area contributed by atoms with Gasteiger partial charge in [-0.1, -0.05) is 6.42 Å². The van der Waals surface area contributed by atoms with Gasteiger partial charge in [-0.05, 0) is 50.2 Å². The second kappa shape index (κ2) is 6.91. The molecule has 112 valence electrons. The number of aromatic nitrogens is 1. The molecule has 0 atom stereocenters. The van der Waals surface area contributed by atoms with Gasteiger partial charge in [0.25, 0.3) is 0 Å². The molecule has 0 unspecified atom stereocenters. The summed E-state index contributed by atoms with van der Waals surface area (Å²) in [6.07, 6.45) is 4.02. The molecule has 1 fully saturated rings.